The summed E-state index contributed by atoms with van der Waals surface area (Å²) >= 11 is 0. The van der Waals surface area contributed by atoms with Crippen LogP contribution >= 0.6 is 0 Å². The molecule has 2 aliphatic rings. The van der Waals surface area contributed by atoms with Gasteiger partial charge < -0.3 is 14.1 Å². The van der Waals surface area contributed by atoms with Gasteiger partial charge in [0.05, 0.1) is 18.1 Å². The molecular weight excluding hydrogens is 332 g/mol. The molecule has 0 saturated carbocycles. The lowest BCUT2D eigenvalue weighted by Crippen LogP contribution is -2.54. The third-order valence-electron chi connectivity index (χ3n) is 4.89. The van der Waals surface area contributed by atoms with Gasteiger partial charge in [-0.3, -0.25) is 4.79 Å². The Morgan fingerprint density at radius 3 is 2.67 bits per heavy atom. The summed E-state index contributed by atoms with van der Waals surface area (Å²) in [5, 5.41) is 0. The number of nitrogens with zero attached hydrogens (tertiary/aromatic N) is 1. The number of likely N-dealkylation sites (tertiary alicyclic amines) is 1. The largest absolute Gasteiger partial charge is 0.459 e. The monoisotopic (exact) mass is 356 g/mol. The van der Waals surface area contributed by atoms with Gasteiger partial charge in [0.1, 0.15) is 0 Å². The fraction of sp³-hybridized carbons (Fsp3) is 0.688. The zero-order valence-corrected chi connectivity index (χ0v) is 14.9. The van der Waals surface area contributed by atoms with Crippen LogP contribution in [-0.4, -0.2) is 56.8 Å². The molecule has 1 N–H and O–H groups in total. The summed E-state index contributed by atoms with van der Waals surface area (Å²) in [4.78, 5) is 14.3. The van der Waals surface area contributed by atoms with Crippen LogP contribution in [-0.2, 0) is 14.8 Å². The molecule has 0 unspecified atom stereocenters. The van der Waals surface area contributed by atoms with Gasteiger partial charge in [-0.25, -0.2) is 13.1 Å². The van der Waals surface area contributed by atoms with Crippen LogP contribution in [0.25, 0.3) is 0 Å². The molecule has 1 amide bonds. The van der Waals surface area contributed by atoms with Gasteiger partial charge in [-0.1, -0.05) is 0 Å². The minimum atomic E-state index is -3.22. The van der Waals surface area contributed by atoms with Crippen molar-refractivity contribution in [2.24, 2.45) is 0 Å². The van der Waals surface area contributed by atoms with Gasteiger partial charge >= 0.3 is 0 Å². The molecule has 1 aromatic heterocycles. The first-order valence-corrected chi connectivity index (χ1v) is 10.1. The number of carbonyl (C=O) groups excluding carboxylic acids is 1. The number of hydrogen-bond acceptors (Lipinski definition) is 5. The number of nitrogens with one attached hydrogen (secondary N) is 1. The standard InChI is InChI=1S/C16H24N2O5S/c1-12-3-9-22-14(12)15(19)18-7-5-16(6-8-18)11-13(4-10-23-16)17-24(2,20)21/h3,9,13,17H,4-8,10-11H2,1-2H3/t13-/m0/s1. The van der Waals surface area contributed by atoms with Crippen LogP contribution in [0, 0.1) is 6.92 Å². The molecule has 2 fully saturated rings. The van der Waals surface area contributed by atoms with Crippen LogP contribution in [0.4, 0.5) is 0 Å². The van der Waals surface area contributed by atoms with E-state index >= 15 is 0 Å². The van der Waals surface area contributed by atoms with E-state index in [4.69, 9.17) is 9.15 Å². The molecule has 7 nitrogen and oxygen atoms in total. The Kier molecular flexibility index (Phi) is 4.72. The fourth-order valence-electron chi connectivity index (χ4n) is 3.63. The predicted octanol–water partition coefficient (Wildman–Crippen LogP) is 1.29. The maximum atomic E-state index is 12.5. The molecule has 0 bridgehead atoms. The minimum absolute atomic E-state index is 0.0889. The Morgan fingerprint density at radius 1 is 1.38 bits per heavy atom. The number of ether oxygens (including phenoxy) is 1. The van der Waals surface area contributed by atoms with Gasteiger partial charge in [0.15, 0.2) is 5.76 Å². The summed E-state index contributed by atoms with van der Waals surface area (Å²) in [5.41, 5.74) is 0.502. The normalized spacial score (nSPS) is 24.2. The molecular formula is C16H24N2O5S. The Balaban J connectivity index is 1.61. The molecule has 24 heavy (non-hydrogen) atoms. The molecule has 2 saturated heterocycles. The summed E-state index contributed by atoms with van der Waals surface area (Å²) in [6.07, 6.45) is 5.47. The number of piperidine rings is 1. The lowest BCUT2D eigenvalue weighted by atomic mass is 9.82. The van der Waals surface area contributed by atoms with Gasteiger partial charge in [-0.05, 0) is 38.7 Å². The van der Waals surface area contributed by atoms with Crippen molar-refractivity contribution in [2.75, 3.05) is 26.0 Å². The Morgan fingerprint density at radius 2 is 2.08 bits per heavy atom. The second-order valence-electron chi connectivity index (χ2n) is 6.84. The molecule has 1 aromatic rings. The summed E-state index contributed by atoms with van der Waals surface area (Å²) in [5.74, 6) is 0.307. The van der Waals surface area contributed by atoms with Crippen LogP contribution in [0.2, 0.25) is 0 Å². The Labute approximate surface area is 142 Å². The quantitative estimate of drug-likeness (QED) is 0.882. The van der Waals surface area contributed by atoms with Crippen molar-refractivity contribution in [3.05, 3.63) is 23.7 Å². The number of aryl methyl sites for hydroxylation is 1. The highest BCUT2D eigenvalue weighted by Gasteiger charge is 2.42. The number of hydrogen-bond donors (Lipinski definition) is 1. The van der Waals surface area contributed by atoms with E-state index in [0.717, 1.165) is 5.56 Å². The van der Waals surface area contributed by atoms with E-state index < -0.39 is 10.0 Å². The summed E-state index contributed by atoms with van der Waals surface area (Å²) in [6.45, 7) is 3.57. The minimum Gasteiger partial charge on any atom is -0.459 e. The van der Waals surface area contributed by atoms with Crippen LogP contribution in [0.3, 0.4) is 0 Å². The van der Waals surface area contributed by atoms with Crippen molar-refractivity contribution >= 4 is 15.9 Å². The number of sulfonamides is 1. The van der Waals surface area contributed by atoms with Crippen LogP contribution < -0.4 is 4.72 Å². The molecule has 1 atom stereocenters. The first-order valence-electron chi connectivity index (χ1n) is 8.23. The van der Waals surface area contributed by atoms with E-state index in [-0.39, 0.29) is 17.6 Å². The fourth-order valence-corrected chi connectivity index (χ4v) is 4.44. The second-order valence-corrected chi connectivity index (χ2v) is 8.62. The highest BCUT2D eigenvalue weighted by molar-refractivity contribution is 7.88. The van der Waals surface area contributed by atoms with Crippen molar-refractivity contribution in [3.8, 4) is 0 Å². The molecule has 0 aliphatic carbocycles. The molecule has 0 radical (unpaired) electrons. The first kappa shape index (κ1) is 17.4. The predicted molar refractivity (Wildman–Crippen MR) is 88.3 cm³/mol. The van der Waals surface area contributed by atoms with E-state index in [9.17, 15) is 13.2 Å². The number of rotatable bonds is 3. The van der Waals surface area contributed by atoms with Gasteiger partial charge in [0.25, 0.3) is 5.91 Å². The average Bonchev–Trinajstić information content (AvgIpc) is 2.92. The van der Waals surface area contributed by atoms with Crippen molar-refractivity contribution < 1.29 is 22.4 Å². The van der Waals surface area contributed by atoms with E-state index in [0.29, 0.717) is 51.1 Å². The topological polar surface area (TPSA) is 88.9 Å². The third-order valence-corrected chi connectivity index (χ3v) is 5.65. The summed E-state index contributed by atoms with van der Waals surface area (Å²) in [6, 6.07) is 1.69. The Bertz CT molecular complexity index is 704. The second kappa shape index (κ2) is 6.50. The maximum Gasteiger partial charge on any atom is 0.289 e. The van der Waals surface area contributed by atoms with E-state index in [1.54, 1.807) is 11.0 Å². The van der Waals surface area contributed by atoms with Crippen LogP contribution in [0.5, 0.6) is 0 Å². The van der Waals surface area contributed by atoms with Crippen molar-refractivity contribution in [1.29, 1.82) is 0 Å². The van der Waals surface area contributed by atoms with Gasteiger partial charge in [0, 0.05) is 31.3 Å². The first-order chi connectivity index (χ1) is 11.3. The third kappa shape index (κ3) is 3.81. The molecule has 2 aliphatic heterocycles. The van der Waals surface area contributed by atoms with E-state index in [1.165, 1.54) is 12.5 Å². The molecule has 134 valence electrons. The molecule has 3 heterocycles. The zero-order valence-electron chi connectivity index (χ0n) is 14.1. The van der Waals surface area contributed by atoms with Crippen LogP contribution in [0.15, 0.2) is 16.7 Å². The van der Waals surface area contributed by atoms with Crippen LogP contribution in [0.1, 0.15) is 41.8 Å². The molecule has 8 heteroatoms. The molecule has 0 aromatic carbocycles. The Hall–Kier alpha value is -1.38. The summed E-state index contributed by atoms with van der Waals surface area (Å²) in [7, 11) is -3.22. The number of amides is 1. The van der Waals surface area contributed by atoms with Gasteiger partial charge in [0.2, 0.25) is 10.0 Å². The maximum absolute atomic E-state index is 12.5. The summed E-state index contributed by atoms with van der Waals surface area (Å²) < 4.78 is 36.9. The highest BCUT2D eigenvalue weighted by atomic mass is 32.2. The van der Waals surface area contributed by atoms with Crippen molar-refractivity contribution in [2.45, 2.75) is 44.2 Å². The van der Waals surface area contributed by atoms with Crippen molar-refractivity contribution in [3.63, 3.8) is 0 Å². The van der Waals surface area contributed by atoms with E-state index in [2.05, 4.69) is 4.72 Å². The van der Waals surface area contributed by atoms with Gasteiger partial charge in [-0.15, -0.1) is 0 Å². The lowest BCUT2D eigenvalue weighted by Gasteiger charge is -2.46. The molecule has 1 spiro atoms. The average molecular weight is 356 g/mol. The van der Waals surface area contributed by atoms with Gasteiger partial charge in [-0.2, -0.15) is 0 Å². The van der Waals surface area contributed by atoms with E-state index in [1.807, 2.05) is 6.92 Å². The SMILES string of the molecule is Cc1ccoc1C(=O)N1CCC2(CC1)C[C@@H](NS(C)(=O)=O)CCO2. The number of furan rings is 1. The lowest BCUT2D eigenvalue weighted by molar-refractivity contribution is -0.113. The number of carbonyl (C=O) groups is 1. The zero-order chi connectivity index (χ0) is 17.4. The smallest absolute Gasteiger partial charge is 0.289 e. The highest BCUT2D eigenvalue weighted by Crippen LogP contribution is 2.35. The molecule has 3 rings (SSSR count). The van der Waals surface area contributed by atoms with Crippen molar-refractivity contribution in [1.82, 2.24) is 9.62 Å².